The molecule has 1 aliphatic rings. The average Bonchev–Trinajstić information content (AvgIpc) is 2.70. The summed E-state index contributed by atoms with van der Waals surface area (Å²) in [6, 6.07) is 13.1. The maximum absolute atomic E-state index is 12.2. The molecule has 3 rings (SSSR count). The fourth-order valence-electron chi connectivity index (χ4n) is 2.97. The van der Waals surface area contributed by atoms with Crippen molar-refractivity contribution >= 4 is 23.5 Å². The number of hydrogen-bond donors (Lipinski definition) is 2. The summed E-state index contributed by atoms with van der Waals surface area (Å²) in [6.07, 6.45) is 2.98. The summed E-state index contributed by atoms with van der Waals surface area (Å²) in [4.78, 5) is 30.0. The van der Waals surface area contributed by atoms with Gasteiger partial charge in [-0.05, 0) is 44.0 Å². The minimum atomic E-state index is -0.247. The number of para-hydroxylation sites is 1. The summed E-state index contributed by atoms with van der Waals surface area (Å²) in [6.45, 7) is 3.52. The summed E-state index contributed by atoms with van der Waals surface area (Å²) in [5.74, 6) is 0.531. The molecule has 0 radical (unpaired) electrons. The minimum absolute atomic E-state index is 0.192. The molecule has 1 aromatic carbocycles. The van der Waals surface area contributed by atoms with Crippen LogP contribution in [0.2, 0.25) is 0 Å². The Hall–Kier alpha value is -3.09. The summed E-state index contributed by atoms with van der Waals surface area (Å²) in [5.41, 5.74) is 1.25. The predicted molar refractivity (Wildman–Crippen MR) is 104 cm³/mol. The summed E-state index contributed by atoms with van der Waals surface area (Å²) >= 11 is 0. The van der Waals surface area contributed by atoms with Gasteiger partial charge in [0.1, 0.15) is 5.82 Å². The van der Waals surface area contributed by atoms with Crippen LogP contribution in [-0.2, 0) is 4.74 Å². The van der Waals surface area contributed by atoms with E-state index in [-0.39, 0.29) is 18.0 Å². The molecule has 0 aliphatic carbocycles. The first-order valence-corrected chi connectivity index (χ1v) is 9.16. The third-order valence-corrected chi connectivity index (χ3v) is 4.43. The number of nitrogens with zero attached hydrogens (tertiary/aromatic N) is 2. The number of nitrogens with one attached hydrogen (secondary N) is 2. The van der Waals surface area contributed by atoms with Crippen molar-refractivity contribution < 1.29 is 14.3 Å². The number of rotatable bonds is 5. The fraction of sp³-hybridized carbons (Fsp3) is 0.350. The number of carbonyl (C=O) groups excluding carboxylic acids is 2. The van der Waals surface area contributed by atoms with E-state index in [0.29, 0.717) is 25.3 Å². The Balaban J connectivity index is 1.50. The lowest BCUT2D eigenvalue weighted by molar-refractivity contribution is 0.0982. The Morgan fingerprint density at radius 2 is 1.89 bits per heavy atom. The van der Waals surface area contributed by atoms with Crippen molar-refractivity contribution in [3.05, 3.63) is 54.2 Å². The van der Waals surface area contributed by atoms with Gasteiger partial charge < -0.3 is 20.3 Å². The molecule has 1 aliphatic heterocycles. The quantitative estimate of drug-likeness (QED) is 0.845. The van der Waals surface area contributed by atoms with E-state index in [0.717, 1.165) is 24.3 Å². The van der Waals surface area contributed by atoms with E-state index in [1.807, 2.05) is 37.3 Å². The van der Waals surface area contributed by atoms with E-state index < -0.39 is 0 Å². The predicted octanol–water partition coefficient (Wildman–Crippen LogP) is 3.37. The zero-order valence-electron chi connectivity index (χ0n) is 15.4. The molecule has 2 N–H and O–H groups in total. The highest BCUT2D eigenvalue weighted by atomic mass is 16.6. The van der Waals surface area contributed by atoms with E-state index in [4.69, 9.17) is 4.74 Å². The van der Waals surface area contributed by atoms with Gasteiger partial charge in [0.05, 0.1) is 12.2 Å². The molecule has 2 amide bonds. The van der Waals surface area contributed by atoms with Crippen LogP contribution in [0.5, 0.6) is 0 Å². The molecule has 0 spiro atoms. The number of piperidine rings is 1. The minimum Gasteiger partial charge on any atom is -0.450 e. The van der Waals surface area contributed by atoms with Crippen molar-refractivity contribution in [3.63, 3.8) is 0 Å². The Bertz CT molecular complexity index is 757. The molecule has 0 saturated carbocycles. The lowest BCUT2D eigenvalue weighted by atomic mass is 10.1. The topological polar surface area (TPSA) is 83.6 Å². The lowest BCUT2D eigenvalue weighted by Crippen LogP contribution is -2.42. The van der Waals surface area contributed by atoms with Gasteiger partial charge in [-0.3, -0.25) is 4.79 Å². The van der Waals surface area contributed by atoms with Crippen molar-refractivity contribution in [1.82, 2.24) is 9.88 Å². The molecule has 7 heteroatoms. The van der Waals surface area contributed by atoms with Gasteiger partial charge in [-0.25, -0.2) is 9.78 Å². The van der Waals surface area contributed by atoms with Crippen LogP contribution in [0.4, 0.5) is 16.3 Å². The van der Waals surface area contributed by atoms with Gasteiger partial charge in [-0.15, -0.1) is 0 Å². The molecule has 142 valence electrons. The van der Waals surface area contributed by atoms with E-state index in [1.165, 1.54) is 0 Å². The third-order valence-electron chi connectivity index (χ3n) is 4.43. The van der Waals surface area contributed by atoms with Crippen LogP contribution in [0.25, 0.3) is 0 Å². The van der Waals surface area contributed by atoms with Crippen molar-refractivity contribution in [2.75, 3.05) is 30.3 Å². The highest BCUT2D eigenvalue weighted by Gasteiger charge is 2.23. The lowest BCUT2D eigenvalue weighted by Gasteiger charge is -2.31. The number of pyridine rings is 1. The van der Waals surface area contributed by atoms with E-state index in [2.05, 4.69) is 15.6 Å². The summed E-state index contributed by atoms with van der Waals surface area (Å²) < 4.78 is 5.03. The molecule has 1 saturated heterocycles. The van der Waals surface area contributed by atoms with Crippen molar-refractivity contribution in [3.8, 4) is 0 Å². The second-order valence-corrected chi connectivity index (χ2v) is 6.36. The number of likely N-dealkylation sites (tertiary alicyclic amines) is 1. The van der Waals surface area contributed by atoms with Crippen LogP contribution in [-0.4, -0.2) is 47.6 Å². The Morgan fingerprint density at radius 1 is 1.15 bits per heavy atom. The van der Waals surface area contributed by atoms with E-state index in [1.54, 1.807) is 23.2 Å². The van der Waals surface area contributed by atoms with Crippen LogP contribution < -0.4 is 10.6 Å². The maximum Gasteiger partial charge on any atom is 0.409 e. The van der Waals surface area contributed by atoms with E-state index >= 15 is 0 Å². The number of ether oxygens (including phenoxy) is 1. The molecule has 27 heavy (non-hydrogen) atoms. The Kier molecular flexibility index (Phi) is 6.25. The van der Waals surface area contributed by atoms with Gasteiger partial charge in [0.15, 0.2) is 0 Å². The smallest absolute Gasteiger partial charge is 0.409 e. The van der Waals surface area contributed by atoms with Crippen molar-refractivity contribution in [2.45, 2.75) is 25.8 Å². The molecule has 2 aromatic rings. The van der Waals surface area contributed by atoms with Gasteiger partial charge in [-0.2, -0.15) is 0 Å². The second-order valence-electron chi connectivity index (χ2n) is 6.36. The number of hydrogen-bond acceptors (Lipinski definition) is 5. The van der Waals surface area contributed by atoms with Crippen LogP contribution in [0.15, 0.2) is 48.7 Å². The molecule has 2 heterocycles. The van der Waals surface area contributed by atoms with Gasteiger partial charge in [0.25, 0.3) is 5.91 Å². The molecular formula is C20H24N4O3. The number of benzene rings is 1. The van der Waals surface area contributed by atoms with Crippen molar-refractivity contribution in [1.29, 1.82) is 0 Å². The number of amides is 2. The molecule has 1 aromatic heterocycles. The highest BCUT2D eigenvalue weighted by Crippen LogP contribution is 2.17. The Morgan fingerprint density at radius 3 is 2.52 bits per heavy atom. The van der Waals surface area contributed by atoms with Gasteiger partial charge >= 0.3 is 6.09 Å². The van der Waals surface area contributed by atoms with Crippen LogP contribution in [0.1, 0.15) is 30.1 Å². The van der Waals surface area contributed by atoms with Gasteiger partial charge in [-0.1, -0.05) is 18.2 Å². The molecular weight excluding hydrogens is 344 g/mol. The molecule has 1 fully saturated rings. The molecule has 0 bridgehead atoms. The van der Waals surface area contributed by atoms with E-state index in [9.17, 15) is 9.59 Å². The molecule has 0 atom stereocenters. The van der Waals surface area contributed by atoms with Crippen molar-refractivity contribution in [2.24, 2.45) is 0 Å². The highest BCUT2D eigenvalue weighted by molar-refractivity contribution is 6.04. The van der Waals surface area contributed by atoms with Gasteiger partial charge in [0, 0.05) is 31.0 Å². The standard InChI is InChI=1S/C20H24N4O3/c1-2-27-20(26)24-12-10-17(11-13-24)22-18-9-8-15(14-21-18)19(25)23-16-6-4-3-5-7-16/h3-9,14,17H,2,10-13H2,1H3,(H,21,22)(H,23,25). The number of carbonyl (C=O) groups is 2. The average molecular weight is 368 g/mol. The first-order valence-electron chi connectivity index (χ1n) is 9.16. The van der Waals surface area contributed by atoms with Crippen LogP contribution >= 0.6 is 0 Å². The summed E-state index contributed by atoms with van der Waals surface area (Å²) in [7, 11) is 0. The first kappa shape index (κ1) is 18.7. The zero-order valence-corrected chi connectivity index (χ0v) is 15.4. The molecule has 7 nitrogen and oxygen atoms in total. The molecule has 0 unspecified atom stereocenters. The van der Waals surface area contributed by atoms with Crippen LogP contribution in [0.3, 0.4) is 0 Å². The fourth-order valence-corrected chi connectivity index (χ4v) is 2.97. The largest absolute Gasteiger partial charge is 0.450 e. The first-order chi connectivity index (χ1) is 13.2. The SMILES string of the molecule is CCOC(=O)N1CCC(Nc2ccc(C(=O)Nc3ccccc3)cn2)CC1. The number of anilines is 2. The monoisotopic (exact) mass is 368 g/mol. The normalized spacial score (nSPS) is 14.5. The summed E-state index contributed by atoms with van der Waals surface area (Å²) in [5, 5.41) is 6.20. The van der Waals surface area contributed by atoms with Gasteiger partial charge in [0.2, 0.25) is 0 Å². The Labute approximate surface area is 158 Å². The number of aromatic nitrogens is 1. The third kappa shape index (κ3) is 5.20. The zero-order chi connectivity index (χ0) is 19.1. The van der Waals surface area contributed by atoms with Crippen LogP contribution in [0, 0.1) is 0 Å². The maximum atomic E-state index is 12.2. The second kappa shape index (κ2) is 9.02.